The van der Waals surface area contributed by atoms with Crippen LogP contribution in [0.2, 0.25) is 0 Å². The standard InChI is InChI=1S/C19H22N2O5/c1-12(13-5-10-16(25-3)17(11-13)26-4)20-18(22)19(23)21-14-6-8-15(24-2)9-7-14/h5-12H,1-4H3,(H,20,22)(H,21,23). The van der Waals surface area contributed by atoms with Crippen molar-refractivity contribution in [3.63, 3.8) is 0 Å². The molecule has 0 saturated carbocycles. The van der Waals surface area contributed by atoms with Gasteiger partial charge in [0.2, 0.25) is 0 Å². The molecule has 0 fully saturated rings. The lowest BCUT2D eigenvalue weighted by molar-refractivity contribution is -0.136. The van der Waals surface area contributed by atoms with E-state index in [4.69, 9.17) is 14.2 Å². The Morgan fingerprint density at radius 3 is 2.08 bits per heavy atom. The van der Waals surface area contributed by atoms with E-state index in [9.17, 15) is 9.59 Å². The second-order valence-electron chi connectivity index (χ2n) is 5.49. The number of hydrogen-bond acceptors (Lipinski definition) is 5. The van der Waals surface area contributed by atoms with Gasteiger partial charge in [0.05, 0.1) is 27.4 Å². The highest BCUT2D eigenvalue weighted by molar-refractivity contribution is 6.39. The number of carbonyl (C=O) groups is 2. The van der Waals surface area contributed by atoms with Gasteiger partial charge in [-0.15, -0.1) is 0 Å². The van der Waals surface area contributed by atoms with Crippen LogP contribution in [0, 0.1) is 0 Å². The Morgan fingerprint density at radius 1 is 0.846 bits per heavy atom. The fraction of sp³-hybridized carbons (Fsp3) is 0.263. The number of amides is 2. The lowest BCUT2D eigenvalue weighted by atomic mass is 10.1. The molecule has 2 aromatic carbocycles. The lowest BCUT2D eigenvalue weighted by Crippen LogP contribution is -2.36. The number of rotatable bonds is 6. The Hall–Kier alpha value is -3.22. The maximum Gasteiger partial charge on any atom is 0.313 e. The lowest BCUT2D eigenvalue weighted by Gasteiger charge is -2.16. The zero-order valence-corrected chi connectivity index (χ0v) is 15.2. The Balaban J connectivity index is 2.00. The number of methoxy groups -OCH3 is 3. The first-order valence-electron chi connectivity index (χ1n) is 7.96. The third-order valence-corrected chi connectivity index (χ3v) is 3.81. The molecule has 1 atom stereocenters. The monoisotopic (exact) mass is 358 g/mol. The first-order chi connectivity index (χ1) is 12.5. The zero-order chi connectivity index (χ0) is 19.1. The zero-order valence-electron chi connectivity index (χ0n) is 15.2. The van der Waals surface area contributed by atoms with Gasteiger partial charge >= 0.3 is 11.8 Å². The summed E-state index contributed by atoms with van der Waals surface area (Å²) in [6, 6.07) is 11.6. The van der Waals surface area contributed by atoms with Crippen molar-refractivity contribution < 1.29 is 23.8 Å². The van der Waals surface area contributed by atoms with Crippen molar-refractivity contribution in [1.29, 1.82) is 0 Å². The Morgan fingerprint density at radius 2 is 1.50 bits per heavy atom. The summed E-state index contributed by atoms with van der Waals surface area (Å²) in [6.07, 6.45) is 0. The third kappa shape index (κ3) is 4.66. The minimum atomic E-state index is -0.748. The number of nitrogens with one attached hydrogen (secondary N) is 2. The van der Waals surface area contributed by atoms with E-state index in [1.165, 1.54) is 7.11 Å². The molecule has 0 saturated heterocycles. The van der Waals surface area contributed by atoms with Crippen LogP contribution in [0.1, 0.15) is 18.5 Å². The van der Waals surface area contributed by atoms with Gasteiger partial charge in [-0.25, -0.2) is 0 Å². The van der Waals surface area contributed by atoms with Gasteiger partial charge in [-0.2, -0.15) is 0 Å². The minimum Gasteiger partial charge on any atom is -0.497 e. The minimum absolute atomic E-state index is 0.385. The average Bonchev–Trinajstić information content (AvgIpc) is 2.67. The van der Waals surface area contributed by atoms with Gasteiger partial charge in [-0.1, -0.05) is 6.07 Å². The summed E-state index contributed by atoms with van der Waals surface area (Å²) < 4.78 is 15.5. The topological polar surface area (TPSA) is 85.9 Å². The van der Waals surface area contributed by atoms with E-state index in [0.717, 1.165) is 5.56 Å². The van der Waals surface area contributed by atoms with Gasteiger partial charge in [0, 0.05) is 5.69 Å². The maximum absolute atomic E-state index is 12.1. The van der Waals surface area contributed by atoms with Gasteiger partial charge < -0.3 is 24.8 Å². The summed E-state index contributed by atoms with van der Waals surface area (Å²) in [5, 5.41) is 5.19. The van der Waals surface area contributed by atoms with Crippen LogP contribution in [0.5, 0.6) is 17.2 Å². The summed E-state index contributed by atoms with van der Waals surface area (Å²) >= 11 is 0. The van der Waals surface area contributed by atoms with E-state index < -0.39 is 11.8 Å². The summed E-state index contributed by atoms with van der Waals surface area (Å²) in [7, 11) is 4.63. The average molecular weight is 358 g/mol. The molecule has 0 spiro atoms. The van der Waals surface area contributed by atoms with Crippen LogP contribution in [0.15, 0.2) is 42.5 Å². The molecule has 0 bridgehead atoms. The maximum atomic E-state index is 12.1. The molecule has 26 heavy (non-hydrogen) atoms. The van der Waals surface area contributed by atoms with E-state index in [1.807, 2.05) is 0 Å². The second kappa shape index (κ2) is 8.75. The van der Waals surface area contributed by atoms with Crippen molar-refractivity contribution in [2.45, 2.75) is 13.0 Å². The smallest absolute Gasteiger partial charge is 0.313 e. The van der Waals surface area contributed by atoms with Crippen molar-refractivity contribution in [2.24, 2.45) is 0 Å². The molecular weight excluding hydrogens is 336 g/mol. The van der Waals surface area contributed by atoms with Crippen molar-refractivity contribution in [3.8, 4) is 17.2 Å². The van der Waals surface area contributed by atoms with E-state index in [0.29, 0.717) is 22.9 Å². The van der Waals surface area contributed by atoms with Crippen molar-refractivity contribution in [2.75, 3.05) is 26.6 Å². The number of hydrogen-bond donors (Lipinski definition) is 2. The van der Waals surface area contributed by atoms with Crippen molar-refractivity contribution in [1.82, 2.24) is 5.32 Å². The fourth-order valence-corrected chi connectivity index (χ4v) is 2.33. The van der Waals surface area contributed by atoms with Gasteiger partial charge in [0.15, 0.2) is 11.5 Å². The van der Waals surface area contributed by atoms with Crippen molar-refractivity contribution in [3.05, 3.63) is 48.0 Å². The molecule has 0 aliphatic heterocycles. The number of anilines is 1. The molecule has 2 rings (SSSR count). The predicted molar refractivity (Wildman–Crippen MR) is 97.7 cm³/mol. The van der Waals surface area contributed by atoms with Crippen LogP contribution in [-0.2, 0) is 9.59 Å². The van der Waals surface area contributed by atoms with Crippen LogP contribution >= 0.6 is 0 Å². The molecular formula is C19H22N2O5. The van der Waals surface area contributed by atoms with E-state index in [-0.39, 0.29) is 6.04 Å². The van der Waals surface area contributed by atoms with Crippen LogP contribution in [0.4, 0.5) is 5.69 Å². The molecule has 0 aliphatic rings. The molecule has 7 nitrogen and oxygen atoms in total. The molecule has 0 aliphatic carbocycles. The highest BCUT2D eigenvalue weighted by Gasteiger charge is 2.18. The summed E-state index contributed by atoms with van der Waals surface area (Å²) in [5.74, 6) is 0.320. The Labute approximate surface area is 152 Å². The Bertz CT molecular complexity index is 774. The van der Waals surface area contributed by atoms with E-state index in [2.05, 4.69) is 10.6 Å². The van der Waals surface area contributed by atoms with Gasteiger partial charge in [0.1, 0.15) is 5.75 Å². The van der Waals surface area contributed by atoms with E-state index >= 15 is 0 Å². The number of carbonyl (C=O) groups excluding carboxylic acids is 2. The second-order valence-corrected chi connectivity index (χ2v) is 5.49. The van der Waals surface area contributed by atoms with Gasteiger partial charge in [-0.05, 0) is 48.9 Å². The highest BCUT2D eigenvalue weighted by Crippen LogP contribution is 2.29. The molecule has 7 heteroatoms. The molecule has 2 N–H and O–H groups in total. The van der Waals surface area contributed by atoms with Gasteiger partial charge in [-0.3, -0.25) is 9.59 Å². The van der Waals surface area contributed by atoms with Gasteiger partial charge in [0.25, 0.3) is 0 Å². The normalized spacial score (nSPS) is 11.2. The highest BCUT2D eigenvalue weighted by atomic mass is 16.5. The fourth-order valence-electron chi connectivity index (χ4n) is 2.33. The van der Waals surface area contributed by atoms with Crippen molar-refractivity contribution >= 4 is 17.5 Å². The van der Waals surface area contributed by atoms with Crippen LogP contribution < -0.4 is 24.8 Å². The summed E-state index contributed by atoms with van der Waals surface area (Å²) in [5.41, 5.74) is 1.29. The summed E-state index contributed by atoms with van der Waals surface area (Å²) in [6.45, 7) is 1.78. The molecule has 1 unspecified atom stereocenters. The molecule has 0 radical (unpaired) electrons. The molecule has 2 aromatic rings. The first-order valence-corrected chi connectivity index (χ1v) is 7.96. The SMILES string of the molecule is COc1ccc(NC(=O)C(=O)NC(C)c2ccc(OC)c(OC)c2)cc1. The Kier molecular flexibility index (Phi) is 6.43. The quantitative estimate of drug-likeness (QED) is 0.775. The third-order valence-electron chi connectivity index (χ3n) is 3.81. The number of benzene rings is 2. The molecule has 2 amide bonds. The van der Waals surface area contributed by atoms with Crippen LogP contribution in [-0.4, -0.2) is 33.1 Å². The molecule has 0 aromatic heterocycles. The summed E-state index contributed by atoms with van der Waals surface area (Å²) in [4.78, 5) is 24.2. The molecule has 0 heterocycles. The van der Waals surface area contributed by atoms with E-state index in [1.54, 1.807) is 63.6 Å². The largest absolute Gasteiger partial charge is 0.497 e. The first kappa shape index (κ1) is 19.1. The molecule has 138 valence electrons. The van der Waals surface area contributed by atoms with Crippen LogP contribution in [0.3, 0.4) is 0 Å². The van der Waals surface area contributed by atoms with Crippen LogP contribution in [0.25, 0.3) is 0 Å². The predicted octanol–water partition coefficient (Wildman–Crippen LogP) is 2.53. The number of ether oxygens (including phenoxy) is 3.